The van der Waals surface area contributed by atoms with Crippen LogP contribution < -0.4 is 0 Å². The Morgan fingerprint density at radius 1 is 1.12 bits per heavy atom. The van der Waals surface area contributed by atoms with Crippen molar-refractivity contribution in [3.63, 3.8) is 0 Å². The van der Waals surface area contributed by atoms with Gasteiger partial charge in [-0.25, -0.2) is 0 Å². The lowest BCUT2D eigenvalue weighted by Gasteiger charge is -2.58. The van der Waals surface area contributed by atoms with Crippen LogP contribution in [0.15, 0.2) is 11.6 Å². The number of esters is 1. The number of hydrogen-bond acceptors (Lipinski definition) is 4. The summed E-state index contributed by atoms with van der Waals surface area (Å²) in [5.41, 5.74) is 1.42. The molecule has 4 heteroatoms. The number of fused-ring (bicyclic) bond motifs is 5. The summed E-state index contributed by atoms with van der Waals surface area (Å²) in [5, 5.41) is 0. The van der Waals surface area contributed by atoms with Crippen molar-refractivity contribution < 1.29 is 19.1 Å². The largest absolute Gasteiger partial charge is 0.462 e. The number of ketones is 1. The van der Waals surface area contributed by atoms with E-state index in [0.29, 0.717) is 23.5 Å². The third-order valence-electron chi connectivity index (χ3n) is 8.38. The van der Waals surface area contributed by atoms with Gasteiger partial charge in [0, 0.05) is 32.3 Å². The highest BCUT2D eigenvalue weighted by Gasteiger charge is 2.61. The van der Waals surface area contributed by atoms with Crippen molar-refractivity contribution in [2.45, 2.75) is 77.9 Å². The maximum Gasteiger partial charge on any atom is 0.302 e. The second-order valence-corrected chi connectivity index (χ2v) is 9.49. The van der Waals surface area contributed by atoms with Crippen LogP contribution in [0, 0.1) is 28.6 Å². The number of rotatable bonds is 2. The first kappa shape index (κ1) is 18.2. The first-order valence-corrected chi connectivity index (χ1v) is 10.2. The quantitative estimate of drug-likeness (QED) is 0.550. The Hall–Kier alpha value is -1.16. The summed E-state index contributed by atoms with van der Waals surface area (Å²) in [6.45, 7) is 6.11. The molecule has 0 radical (unpaired) electrons. The molecule has 4 aliphatic rings. The first-order valence-electron chi connectivity index (χ1n) is 10.2. The number of hydrogen-bond donors (Lipinski definition) is 0. The maximum atomic E-state index is 12.6. The second kappa shape index (κ2) is 6.19. The van der Waals surface area contributed by atoms with E-state index in [-0.39, 0.29) is 29.0 Å². The second-order valence-electron chi connectivity index (χ2n) is 9.49. The number of carbonyl (C=O) groups excluding carboxylic acids is 2. The van der Waals surface area contributed by atoms with Crippen molar-refractivity contribution in [1.82, 2.24) is 0 Å². The predicted octanol–water partition coefficient (Wildman–Crippen LogP) is 4.07. The highest BCUT2D eigenvalue weighted by atomic mass is 16.5. The highest BCUT2D eigenvalue weighted by Crippen LogP contribution is 2.64. The Morgan fingerprint density at radius 3 is 2.50 bits per heavy atom. The molecule has 0 amide bonds. The molecule has 4 aliphatic carbocycles. The maximum absolute atomic E-state index is 12.6. The van der Waals surface area contributed by atoms with Crippen molar-refractivity contribution >= 4 is 11.8 Å². The summed E-state index contributed by atoms with van der Waals surface area (Å²) in [6.07, 6.45) is 9.12. The molecule has 1 unspecified atom stereocenters. The van der Waals surface area contributed by atoms with E-state index in [1.807, 2.05) is 0 Å². The van der Waals surface area contributed by atoms with Crippen LogP contribution in [0.3, 0.4) is 0 Å². The Morgan fingerprint density at radius 2 is 1.81 bits per heavy atom. The molecule has 0 N–H and O–H groups in total. The standard InChI is InChI=1S/C22H32O4/c1-13(23)26-15-7-9-21(2)14(11-15)12-18(25-4)20-16-5-6-19(24)22(16,3)10-8-17(20)21/h12,15-18,20H,5-11H2,1-4H3/t15-,16-,17-,18?,20-,21-,22-/m0/s1. The van der Waals surface area contributed by atoms with Gasteiger partial charge in [0.05, 0.1) is 6.10 Å². The fourth-order valence-corrected chi connectivity index (χ4v) is 6.92. The van der Waals surface area contributed by atoms with Crippen LogP contribution >= 0.6 is 0 Å². The van der Waals surface area contributed by atoms with Gasteiger partial charge in [0.15, 0.2) is 0 Å². The molecule has 3 saturated carbocycles. The van der Waals surface area contributed by atoms with E-state index in [9.17, 15) is 9.59 Å². The number of carbonyl (C=O) groups is 2. The third kappa shape index (κ3) is 2.51. The minimum atomic E-state index is -0.186. The van der Waals surface area contributed by atoms with Crippen molar-refractivity contribution in [3.8, 4) is 0 Å². The van der Waals surface area contributed by atoms with E-state index in [4.69, 9.17) is 9.47 Å². The van der Waals surface area contributed by atoms with E-state index in [1.54, 1.807) is 7.11 Å². The fraction of sp³-hybridized carbons (Fsp3) is 0.818. The molecule has 0 aromatic heterocycles. The molecule has 0 aromatic carbocycles. The smallest absolute Gasteiger partial charge is 0.302 e. The highest BCUT2D eigenvalue weighted by molar-refractivity contribution is 5.87. The van der Waals surface area contributed by atoms with Gasteiger partial charge in [-0.15, -0.1) is 0 Å². The van der Waals surface area contributed by atoms with E-state index < -0.39 is 0 Å². The summed E-state index contributed by atoms with van der Waals surface area (Å²) in [6, 6.07) is 0. The topological polar surface area (TPSA) is 52.6 Å². The molecule has 0 spiro atoms. The van der Waals surface area contributed by atoms with Gasteiger partial charge >= 0.3 is 5.97 Å². The van der Waals surface area contributed by atoms with Gasteiger partial charge in [-0.3, -0.25) is 9.59 Å². The van der Waals surface area contributed by atoms with E-state index >= 15 is 0 Å². The molecule has 7 atom stereocenters. The summed E-state index contributed by atoms with van der Waals surface area (Å²) < 4.78 is 11.5. The average molecular weight is 360 g/mol. The molecular weight excluding hydrogens is 328 g/mol. The fourth-order valence-electron chi connectivity index (χ4n) is 6.92. The summed E-state index contributed by atoms with van der Waals surface area (Å²) in [4.78, 5) is 24.0. The van der Waals surface area contributed by atoms with Crippen molar-refractivity contribution in [3.05, 3.63) is 11.6 Å². The molecule has 0 saturated heterocycles. The van der Waals surface area contributed by atoms with Gasteiger partial charge in [0.25, 0.3) is 0 Å². The van der Waals surface area contributed by atoms with Gasteiger partial charge in [-0.1, -0.05) is 25.5 Å². The molecule has 0 heterocycles. The van der Waals surface area contributed by atoms with E-state index in [2.05, 4.69) is 19.9 Å². The van der Waals surface area contributed by atoms with Gasteiger partial charge in [0.2, 0.25) is 0 Å². The lowest BCUT2D eigenvalue weighted by atomic mass is 9.47. The molecule has 0 aromatic rings. The third-order valence-corrected chi connectivity index (χ3v) is 8.38. The number of methoxy groups -OCH3 is 1. The molecular formula is C22H32O4. The first-order chi connectivity index (χ1) is 12.3. The van der Waals surface area contributed by atoms with E-state index in [1.165, 1.54) is 12.5 Å². The number of ether oxygens (including phenoxy) is 2. The Labute approximate surface area is 156 Å². The SMILES string of the molecule is COC1C=C2C[C@@H](OC(C)=O)CC[C@]2(C)[C@H]2CC[C@]3(C)C(=O)CC[C@H]3[C@H]12. The zero-order valence-corrected chi connectivity index (χ0v) is 16.5. The van der Waals surface area contributed by atoms with Gasteiger partial charge in [-0.2, -0.15) is 0 Å². The molecule has 26 heavy (non-hydrogen) atoms. The average Bonchev–Trinajstić information content (AvgIpc) is 2.89. The predicted molar refractivity (Wildman–Crippen MR) is 98.4 cm³/mol. The molecule has 4 rings (SSSR count). The van der Waals surface area contributed by atoms with Crippen LogP contribution in [0.4, 0.5) is 0 Å². The van der Waals surface area contributed by atoms with Crippen molar-refractivity contribution in [2.75, 3.05) is 7.11 Å². The minimum Gasteiger partial charge on any atom is -0.462 e. The molecule has 0 aliphatic heterocycles. The number of Topliss-reactive ketones (excluding diaryl/α,β-unsaturated/α-hetero) is 1. The molecule has 144 valence electrons. The van der Waals surface area contributed by atoms with Gasteiger partial charge < -0.3 is 9.47 Å². The lowest BCUT2D eigenvalue weighted by molar-refractivity contribution is -0.149. The van der Waals surface area contributed by atoms with Crippen LogP contribution in [-0.2, 0) is 19.1 Å². The summed E-state index contributed by atoms with van der Waals surface area (Å²) in [5.74, 6) is 1.72. The zero-order chi connectivity index (χ0) is 18.7. The van der Waals surface area contributed by atoms with Crippen molar-refractivity contribution in [1.29, 1.82) is 0 Å². The van der Waals surface area contributed by atoms with E-state index in [0.717, 1.165) is 44.9 Å². The van der Waals surface area contributed by atoms with Gasteiger partial charge in [0.1, 0.15) is 11.9 Å². The van der Waals surface area contributed by atoms with Crippen LogP contribution in [0.5, 0.6) is 0 Å². The Kier molecular flexibility index (Phi) is 4.33. The van der Waals surface area contributed by atoms with Crippen LogP contribution in [0.1, 0.15) is 65.7 Å². The Bertz CT molecular complexity index is 653. The van der Waals surface area contributed by atoms with Gasteiger partial charge in [-0.05, 0) is 55.3 Å². The monoisotopic (exact) mass is 360 g/mol. The normalized spacial score (nSPS) is 47.5. The summed E-state index contributed by atoms with van der Waals surface area (Å²) in [7, 11) is 1.80. The Balaban J connectivity index is 1.68. The minimum absolute atomic E-state index is 0.00259. The van der Waals surface area contributed by atoms with Crippen molar-refractivity contribution in [2.24, 2.45) is 28.6 Å². The van der Waals surface area contributed by atoms with Crippen LogP contribution in [0.25, 0.3) is 0 Å². The lowest BCUT2D eigenvalue weighted by Crippen LogP contribution is -2.55. The molecule has 0 bridgehead atoms. The molecule has 4 nitrogen and oxygen atoms in total. The zero-order valence-electron chi connectivity index (χ0n) is 16.5. The molecule has 3 fully saturated rings. The summed E-state index contributed by atoms with van der Waals surface area (Å²) >= 11 is 0. The van der Waals surface area contributed by atoms with Crippen LogP contribution in [0.2, 0.25) is 0 Å². The van der Waals surface area contributed by atoms with Crippen LogP contribution in [-0.4, -0.2) is 31.1 Å².